The quantitative estimate of drug-likeness (QED) is 0.855. The molecule has 0 saturated carbocycles. The third-order valence-corrected chi connectivity index (χ3v) is 2.52. The lowest BCUT2D eigenvalue weighted by Gasteiger charge is -2.13. The van der Waals surface area contributed by atoms with E-state index in [1.54, 1.807) is 0 Å². The average molecular weight is 268 g/mol. The maximum absolute atomic E-state index is 12.4. The number of carboxylic acids is 1. The van der Waals surface area contributed by atoms with Crippen LogP contribution in [0.2, 0.25) is 5.15 Å². The van der Waals surface area contributed by atoms with Gasteiger partial charge < -0.3 is 5.11 Å². The first-order valence-electron chi connectivity index (χ1n) is 4.66. The minimum Gasteiger partial charge on any atom is -0.481 e. The van der Waals surface area contributed by atoms with E-state index in [9.17, 15) is 18.0 Å². The van der Waals surface area contributed by atoms with Crippen molar-refractivity contribution in [2.45, 2.75) is 25.4 Å². The van der Waals surface area contributed by atoms with Crippen molar-refractivity contribution >= 4 is 17.6 Å². The molecule has 0 aliphatic heterocycles. The standard InChI is InChI=1S/C10H9ClF3NO2/c1-5(2-8(16)17)7-3-6(10(12,13)14)4-15-9(7)11/h3-5H,2H2,1H3,(H,16,17). The van der Waals surface area contributed by atoms with Crippen molar-refractivity contribution in [2.75, 3.05) is 0 Å². The SMILES string of the molecule is CC(CC(=O)O)c1cc(C(F)(F)F)cnc1Cl. The highest BCUT2D eigenvalue weighted by molar-refractivity contribution is 6.30. The van der Waals surface area contributed by atoms with Gasteiger partial charge in [0.15, 0.2) is 0 Å². The van der Waals surface area contributed by atoms with Crippen molar-refractivity contribution in [1.29, 1.82) is 0 Å². The van der Waals surface area contributed by atoms with Crippen molar-refractivity contribution in [3.05, 3.63) is 28.5 Å². The Morgan fingerprint density at radius 1 is 1.59 bits per heavy atom. The van der Waals surface area contributed by atoms with Gasteiger partial charge in [-0.3, -0.25) is 4.79 Å². The zero-order valence-electron chi connectivity index (χ0n) is 8.75. The predicted molar refractivity (Wildman–Crippen MR) is 54.9 cm³/mol. The molecule has 0 saturated heterocycles. The van der Waals surface area contributed by atoms with Crippen LogP contribution in [-0.4, -0.2) is 16.1 Å². The fourth-order valence-electron chi connectivity index (χ4n) is 1.34. The molecule has 94 valence electrons. The van der Waals surface area contributed by atoms with E-state index in [0.717, 1.165) is 6.07 Å². The summed E-state index contributed by atoms with van der Waals surface area (Å²) < 4.78 is 37.3. The fraction of sp³-hybridized carbons (Fsp3) is 0.400. The molecule has 1 atom stereocenters. The third-order valence-electron chi connectivity index (χ3n) is 2.21. The summed E-state index contributed by atoms with van der Waals surface area (Å²) in [5.41, 5.74) is -0.849. The maximum Gasteiger partial charge on any atom is 0.417 e. The number of pyridine rings is 1. The molecular formula is C10H9ClF3NO2. The molecule has 7 heteroatoms. The Morgan fingerprint density at radius 2 is 2.18 bits per heavy atom. The highest BCUT2D eigenvalue weighted by Crippen LogP contribution is 2.33. The molecule has 1 heterocycles. The molecule has 0 fully saturated rings. The molecule has 0 bridgehead atoms. The van der Waals surface area contributed by atoms with Gasteiger partial charge in [-0.2, -0.15) is 13.2 Å². The van der Waals surface area contributed by atoms with Crippen LogP contribution in [0.4, 0.5) is 13.2 Å². The van der Waals surface area contributed by atoms with E-state index in [-0.39, 0.29) is 17.1 Å². The largest absolute Gasteiger partial charge is 0.481 e. The average Bonchev–Trinajstić information content (AvgIpc) is 2.15. The normalized spacial score (nSPS) is 13.5. The molecule has 0 spiro atoms. The van der Waals surface area contributed by atoms with Crippen LogP contribution in [0.3, 0.4) is 0 Å². The third kappa shape index (κ3) is 3.59. The first kappa shape index (κ1) is 13.8. The maximum atomic E-state index is 12.4. The van der Waals surface area contributed by atoms with E-state index in [0.29, 0.717) is 6.20 Å². The van der Waals surface area contributed by atoms with Gasteiger partial charge in [-0.15, -0.1) is 0 Å². The lowest BCUT2D eigenvalue weighted by molar-refractivity contribution is -0.138. The predicted octanol–water partition coefficient (Wildman–Crippen LogP) is 3.33. The van der Waals surface area contributed by atoms with Crippen molar-refractivity contribution in [3.63, 3.8) is 0 Å². The Labute approximate surface area is 100 Å². The molecule has 1 N–H and O–H groups in total. The molecule has 0 aromatic carbocycles. The highest BCUT2D eigenvalue weighted by Gasteiger charge is 2.32. The van der Waals surface area contributed by atoms with E-state index < -0.39 is 23.6 Å². The van der Waals surface area contributed by atoms with Gasteiger partial charge in [-0.1, -0.05) is 18.5 Å². The molecule has 1 unspecified atom stereocenters. The lowest BCUT2D eigenvalue weighted by Crippen LogP contribution is -2.09. The number of hydrogen-bond acceptors (Lipinski definition) is 2. The summed E-state index contributed by atoms with van der Waals surface area (Å²) in [7, 11) is 0. The minimum atomic E-state index is -4.52. The lowest BCUT2D eigenvalue weighted by atomic mass is 9.98. The second kappa shape index (κ2) is 4.91. The fourth-order valence-corrected chi connectivity index (χ4v) is 1.63. The first-order valence-corrected chi connectivity index (χ1v) is 5.04. The minimum absolute atomic E-state index is 0.0869. The number of halogens is 4. The summed E-state index contributed by atoms with van der Waals surface area (Å²) in [4.78, 5) is 13.9. The van der Waals surface area contributed by atoms with E-state index in [2.05, 4.69) is 4.98 Å². The van der Waals surface area contributed by atoms with Crippen LogP contribution in [-0.2, 0) is 11.0 Å². The molecule has 0 radical (unpaired) electrons. The second-order valence-corrected chi connectivity index (χ2v) is 3.96. The second-order valence-electron chi connectivity index (χ2n) is 3.60. The summed E-state index contributed by atoms with van der Waals surface area (Å²) in [6, 6.07) is 0.836. The van der Waals surface area contributed by atoms with Crippen LogP contribution < -0.4 is 0 Å². The number of hydrogen-bond donors (Lipinski definition) is 1. The van der Waals surface area contributed by atoms with Crippen LogP contribution in [0.15, 0.2) is 12.3 Å². The molecule has 17 heavy (non-hydrogen) atoms. The van der Waals surface area contributed by atoms with Crippen LogP contribution >= 0.6 is 11.6 Å². The van der Waals surface area contributed by atoms with Gasteiger partial charge in [0.2, 0.25) is 0 Å². The van der Waals surface area contributed by atoms with Gasteiger partial charge in [0.25, 0.3) is 0 Å². The topological polar surface area (TPSA) is 50.2 Å². The van der Waals surface area contributed by atoms with E-state index in [1.807, 2.05) is 0 Å². The number of aromatic nitrogens is 1. The smallest absolute Gasteiger partial charge is 0.417 e. The Morgan fingerprint density at radius 3 is 2.65 bits per heavy atom. The molecule has 0 amide bonds. The van der Waals surface area contributed by atoms with Crippen LogP contribution in [0.1, 0.15) is 30.4 Å². The molecular weight excluding hydrogens is 259 g/mol. The summed E-state index contributed by atoms with van der Waals surface area (Å²) in [5.74, 6) is -1.74. The van der Waals surface area contributed by atoms with Gasteiger partial charge in [-0.25, -0.2) is 4.98 Å². The zero-order valence-corrected chi connectivity index (χ0v) is 9.51. The summed E-state index contributed by atoms with van der Waals surface area (Å²) in [5, 5.41) is 8.47. The number of carbonyl (C=O) groups is 1. The number of nitrogens with zero attached hydrogens (tertiary/aromatic N) is 1. The van der Waals surface area contributed by atoms with E-state index in [1.165, 1.54) is 6.92 Å². The molecule has 1 aromatic rings. The molecule has 3 nitrogen and oxygen atoms in total. The van der Waals surface area contributed by atoms with E-state index in [4.69, 9.17) is 16.7 Å². The molecule has 0 aliphatic rings. The molecule has 0 aliphatic carbocycles. The monoisotopic (exact) mass is 267 g/mol. The Kier molecular flexibility index (Phi) is 3.98. The van der Waals surface area contributed by atoms with Crippen LogP contribution in [0.25, 0.3) is 0 Å². The number of alkyl halides is 3. The van der Waals surface area contributed by atoms with Gasteiger partial charge in [0.1, 0.15) is 5.15 Å². The summed E-state index contributed by atoms with van der Waals surface area (Å²) in [6.45, 7) is 1.48. The van der Waals surface area contributed by atoms with Crippen molar-refractivity contribution in [3.8, 4) is 0 Å². The summed E-state index contributed by atoms with van der Waals surface area (Å²) in [6.07, 6.45) is -4.20. The van der Waals surface area contributed by atoms with Crippen molar-refractivity contribution < 1.29 is 23.1 Å². The first-order chi connectivity index (χ1) is 7.71. The van der Waals surface area contributed by atoms with Crippen LogP contribution in [0.5, 0.6) is 0 Å². The van der Waals surface area contributed by atoms with Gasteiger partial charge in [0, 0.05) is 6.20 Å². The molecule has 1 aromatic heterocycles. The van der Waals surface area contributed by atoms with Crippen LogP contribution in [0, 0.1) is 0 Å². The molecule has 1 rings (SSSR count). The Hall–Kier alpha value is -1.30. The van der Waals surface area contributed by atoms with Gasteiger partial charge in [0.05, 0.1) is 12.0 Å². The summed E-state index contributed by atoms with van der Waals surface area (Å²) >= 11 is 5.65. The number of carboxylic acid groups (broad SMARTS) is 1. The Balaban J connectivity index is 3.10. The number of aliphatic carboxylic acids is 1. The highest BCUT2D eigenvalue weighted by atomic mass is 35.5. The Bertz CT molecular complexity index is 434. The van der Waals surface area contributed by atoms with Crippen molar-refractivity contribution in [2.24, 2.45) is 0 Å². The number of rotatable bonds is 3. The zero-order chi connectivity index (χ0) is 13.2. The van der Waals surface area contributed by atoms with Gasteiger partial charge >= 0.3 is 12.1 Å². The van der Waals surface area contributed by atoms with E-state index >= 15 is 0 Å². The van der Waals surface area contributed by atoms with Crippen molar-refractivity contribution in [1.82, 2.24) is 4.98 Å². The van der Waals surface area contributed by atoms with Gasteiger partial charge in [-0.05, 0) is 17.5 Å².